The molecule has 0 radical (unpaired) electrons. The standard InChI is InChI=1S/C11H15ClN2O2S2/c1-7-4-8(6-17-7)14-11-5-9(18(13,15)16)2-3-10(11)12/h2-3,5,7-8,14H,4,6H2,1H3,(H2,13,15,16). The van der Waals surface area contributed by atoms with Crippen molar-refractivity contribution in [3.05, 3.63) is 23.2 Å². The van der Waals surface area contributed by atoms with Gasteiger partial charge in [-0.05, 0) is 24.6 Å². The molecular weight excluding hydrogens is 292 g/mol. The van der Waals surface area contributed by atoms with Crippen LogP contribution >= 0.6 is 23.4 Å². The smallest absolute Gasteiger partial charge is 0.238 e. The highest BCUT2D eigenvalue weighted by molar-refractivity contribution is 8.00. The Kier molecular flexibility index (Phi) is 4.11. The number of anilines is 1. The summed E-state index contributed by atoms with van der Waals surface area (Å²) in [5.74, 6) is 0.997. The highest BCUT2D eigenvalue weighted by atomic mass is 35.5. The molecule has 0 aliphatic carbocycles. The number of primary sulfonamides is 1. The average molecular weight is 307 g/mol. The summed E-state index contributed by atoms with van der Waals surface area (Å²) in [5.41, 5.74) is 0.628. The minimum atomic E-state index is -3.69. The van der Waals surface area contributed by atoms with Crippen molar-refractivity contribution in [3.63, 3.8) is 0 Å². The molecule has 1 aromatic carbocycles. The van der Waals surface area contributed by atoms with E-state index in [1.807, 2.05) is 11.8 Å². The minimum absolute atomic E-state index is 0.0769. The van der Waals surface area contributed by atoms with Gasteiger partial charge in [-0.3, -0.25) is 0 Å². The van der Waals surface area contributed by atoms with Crippen molar-refractivity contribution >= 4 is 39.1 Å². The highest BCUT2D eigenvalue weighted by Gasteiger charge is 2.22. The van der Waals surface area contributed by atoms with Crippen LogP contribution in [0.1, 0.15) is 13.3 Å². The number of nitrogens with two attached hydrogens (primary N) is 1. The first kappa shape index (κ1) is 14.0. The summed E-state index contributed by atoms with van der Waals surface area (Å²) in [6.45, 7) is 2.18. The van der Waals surface area contributed by atoms with E-state index in [2.05, 4.69) is 12.2 Å². The first-order valence-corrected chi connectivity index (χ1v) is 8.54. The van der Waals surface area contributed by atoms with Gasteiger partial charge < -0.3 is 5.32 Å². The number of hydrogen-bond donors (Lipinski definition) is 2. The molecule has 4 nitrogen and oxygen atoms in total. The zero-order valence-electron chi connectivity index (χ0n) is 9.89. The molecule has 0 aromatic heterocycles. The lowest BCUT2D eigenvalue weighted by Crippen LogP contribution is -2.20. The van der Waals surface area contributed by atoms with Crippen LogP contribution in [0.2, 0.25) is 5.02 Å². The predicted molar refractivity (Wildman–Crippen MR) is 76.8 cm³/mol. The maximum Gasteiger partial charge on any atom is 0.238 e. The summed E-state index contributed by atoms with van der Waals surface area (Å²) >= 11 is 7.95. The summed E-state index contributed by atoms with van der Waals surface area (Å²) in [5, 5.41) is 9.50. The molecule has 0 amide bonds. The Morgan fingerprint density at radius 3 is 2.78 bits per heavy atom. The van der Waals surface area contributed by atoms with Crippen molar-refractivity contribution in [2.45, 2.75) is 29.5 Å². The fraction of sp³-hybridized carbons (Fsp3) is 0.455. The Morgan fingerprint density at radius 2 is 2.22 bits per heavy atom. The van der Waals surface area contributed by atoms with Gasteiger partial charge in [0.15, 0.2) is 0 Å². The van der Waals surface area contributed by atoms with Crippen LogP contribution in [-0.2, 0) is 10.0 Å². The van der Waals surface area contributed by atoms with Gasteiger partial charge in [0.25, 0.3) is 0 Å². The summed E-state index contributed by atoms with van der Waals surface area (Å²) in [7, 11) is -3.69. The van der Waals surface area contributed by atoms with Gasteiger partial charge in [0.1, 0.15) is 0 Å². The molecule has 1 fully saturated rings. The maximum atomic E-state index is 11.3. The highest BCUT2D eigenvalue weighted by Crippen LogP contribution is 2.31. The number of thioether (sulfide) groups is 1. The lowest BCUT2D eigenvalue weighted by molar-refractivity contribution is 0.598. The topological polar surface area (TPSA) is 72.2 Å². The molecule has 2 unspecified atom stereocenters. The lowest BCUT2D eigenvalue weighted by Gasteiger charge is -2.15. The van der Waals surface area contributed by atoms with Gasteiger partial charge in [-0.2, -0.15) is 11.8 Å². The molecule has 7 heteroatoms. The molecule has 18 heavy (non-hydrogen) atoms. The van der Waals surface area contributed by atoms with E-state index >= 15 is 0 Å². The molecule has 2 atom stereocenters. The Hall–Kier alpha value is -0.430. The number of hydrogen-bond acceptors (Lipinski definition) is 4. The van der Waals surface area contributed by atoms with Crippen molar-refractivity contribution in [2.75, 3.05) is 11.1 Å². The zero-order valence-corrected chi connectivity index (χ0v) is 12.3. The normalized spacial score (nSPS) is 24.2. The number of rotatable bonds is 3. The second-order valence-corrected chi connectivity index (χ2v) is 7.85. The van der Waals surface area contributed by atoms with E-state index in [-0.39, 0.29) is 4.90 Å². The van der Waals surface area contributed by atoms with Crippen molar-refractivity contribution in [1.29, 1.82) is 0 Å². The fourth-order valence-electron chi connectivity index (χ4n) is 1.93. The SMILES string of the molecule is CC1CC(Nc2cc(S(N)(=O)=O)ccc2Cl)CS1. The first-order valence-electron chi connectivity index (χ1n) is 5.57. The third kappa shape index (κ3) is 3.32. The molecule has 0 spiro atoms. The fourth-order valence-corrected chi connectivity index (χ4v) is 3.79. The molecule has 1 aliphatic rings. The van der Waals surface area contributed by atoms with E-state index < -0.39 is 10.0 Å². The van der Waals surface area contributed by atoms with Gasteiger partial charge >= 0.3 is 0 Å². The third-order valence-corrected chi connectivity index (χ3v) is 5.42. The van der Waals surface area contributed by atoms with Gasteiger partial charge in [-0.25, -0.2) is 13.6 Å². The Balaban J connectivity index is 2.22. The summed E-state index contributed by atoms with van der Waals surface area (Å²) in [6.07, 6.45) is 1.04. The minimum Gasteiger partial charge on any atom is -0.380 e. The van der Waals surface area contributed by atoms with Crippen LogP contribution in [0.25, 0.3) is 0 Å². The molecule has 2 rings (SSSR count). The van der Waals surface area contributed by atoms with Gasteiger partial charge in [-0.1, -0.05) is 18.5 Å². The Bertz CT molecular complexity index is 548. The summed E-state index contributed by atoms with van der Waals surface area (Å²) < 4.78 is 22.6. The molecule has 3 N–H and O–H groups in total. The third-order valence-electron chi connectivity index (χ3n) is 2.82. The average Bonchev–Trinajstić information content (AvgIpc) is 2.66. The van der Waals surface area contributed by atoms with Crippen molar-refractivity contribution < 1.29 is 8.42 Å². The van der Waals surface area contributed by atoms with Crippen LogP contribution in [0.15, 0.2) is 23.1 Å². The summed E-state index contributed by atoms with van der Waals surface area (Å²) in [4.78, 5) is 0.0769. The second kappa shape index (κ2) is 5.28. The van der Waals surface area contributed by atoms with Crippen LogP contribution < -0.4 is 10.5 Å². The Morgan fingerprint density at radius 1 is 1.50 bits per heavy atom. The molecule has 1 saturated heterocycles. The number of sulfonamides is 1. The predicted octanol–water partition coefficient (Wildman–Crippen LogP) is 2.29. The monoisotopic (exact) mass is 306 g/mol. The van der Waals surface area contributed by atoms with Gasteiger partial charge in [-0.15, -0.1) is 0 Å². The lowest BCUT2D eigenvalue weighted by atomic mass is 10.2. The number of benzene rings is 1. The molecule has 1 heterocycles. The van der Waals surface area contributed by atoms with Gasteiger partial charge in [0.2, 0.25) is 10.0 Å². The van der Waals surface area contributed by atoms with Crippen LogP contribution in [0.4, 0.5) is 5.69 Å². The van der Waals surface area contributed by atoms with E-state index in [1.165, 1.54) is 12.1 Å². The maximum absolute atomic E-state index is 11.3. The van der Waals surface area contributed by atoms with E-state index in [9.17, 15) is 8.42 Å². The van der Waals surface area contributed by atoms with Crippen LogP contribution in [0.5, 0.6) is 0 Å². The van der Waals surface area contributed by atoms with Crippen LogP contribution in [0.3, 0.4) is 0 Å². The Labute approximate surface area is 116 Å². The number of halogens is 1. The quantitative estimate of drug-likeness (QED) is 0.899. The van der Waals surface area contributed by atoms with Crippen molar-refractivity contribution in [1.82, 2.24) is 0 Å². The van der Waals surface area contributed by atoms with Crippen LogP contribution in [0, 0.1) is 0 Å². The van der Waals surface area contributed by atoms with E-state index in [0.29, 0.717) is 22.0 Å². The first-order chi connectivity index (χ1) is 8.36. The molecular formula is C11H15ClN2O2S2. The van der Waals surface area contributed by atoms with Gasteiger partial charge in [0, 0.05) is 17.0 Å². The van der Waals surface area contributed by atoms with E-state index in [4.69, 9.17) is 16.7 Å². The molecule has 1 aromatic rings. The zero-order chi connectivity index (χ0) is 13.3. The number of nitrogens with one attached hydrogen (secondary N) is 1. The van der Waals surface area contributed by atoms with Crippen molar-refractivity contribution in [3.8, 4) is 0 Å². The molecule has 100 valence electrons. The summed E-state index contributed by atoms with van der Waals surface area (Å²) in [6, 6.07) is 4.77. The van der Waals surface area contributed by atoms with Gasteiger partial charge in [0.05, 0.1) is 15.6 Å². The van der Waals surface area contributed by atoms with Crippen molar-refractivity contribution in [2.24, 2.45) is 5.14 Å². The second-order valence-electron chi connectivity index (χ2n) is 4.41. The van der Waals surface area contributed by atoms with Crippen LogP contribution in [-0.4, -0.2) is 25.5 Å². The largest absolute Gasteiger partial charge is 0.380 e. The van der Waals surface area contributed by atoms with E-state index in [1.54, 1.807) is 6.07 Å². The molecule has 1 aliphatic heterocycles. The molecule has 0 saturated carbocycles. The molecule has 0 bridgehead atoms. The van der Waals surface area contributed by atoms with E-state index in [0.717, 1.165) is 12.2 Å².